The van der Waals surface area contributed by atoms with Gasteiger partial charge in [0.05, 0.1) is 16.8 Å². The maximum Gasteiger partial charge on any atom is 0.240 e. The molecule has 0 aliphatic rings. The molecule has 10 heteroatoms. The van der Waals surface area contributed by atoms with Gasteiger partial charge in [-0.05, 0) is 38.0 Å². The van der Waals surface area contributed by atoms with Crippen LogP contribution in [0.1, 0.15) is 24.5 Å². The van der Waals surface area contributed by atoms with Gasteiger partial charge in [-0.3, -0.25) is 9.10 Å². The van der Waals surface area contributed by atoms with Crippen molar-refractivity contribution >= 4 is 31.6 Å². The standard InChI is InChI=1S/C15H25N3O5S2/c1-6-16-15(19)7-8-17-25(22,23)14-10-13(11(2)9-12(14)3)18(4)24(5,20)21/h9-10,17H,6-8H2,1-5H3,(H,16,19). The van der Waals surface area contributed by atoms with Crippen LogP contribution in [0.3, 0.4) is 0 Å². The van der Waals surface area contributed by atoms with Gasteiger partial charge < -0.3 is 5.32 Å². The van der Waals surface area contributed by atoms with Crippen LogP contribution in [0.4, 0.5) is 5.69 Å². The van der Waals surface area contributed by atoms with E-state index in [2.05, 4.69) is 10.0 Å². The van der Waals surface area contributed by atoms with E-state index in [0.29, 0.717) is 17.7 Å². The molecule has 25 heavy (non-hydrogen) atoms. The van der Waals surface area contributed by atoms with Crippen LogP contribution in [0, 0.1) is 13.8 Å². The normalized spacial score (nSPS) is 12.0. The SMILES string of the molecule is CCNC(=O)CCNS(=O)(=O)c1cc(N(C)S(C)(=O)=O)c(C)cc1C. The van der Waals surface area contributed by atoms with Gasteiger partial charge in [0, 0.05) is 26.6 Å². The van der Waals surface area contributed by atoms with Crippen molar-refractivity contribution in [3.63, 3.8) is 0 Å². The van der Waals surface area contributed by atoms with E-state index in [1.165, 1.54) is 13.1 Å². The molecular formula is C15H25N3O5S2. The average molecular weight is 392 g/mol. The second-order valence-corrected chi connectivity index (χ2v) is 9.49. The Bertz CT molecular complexity index is 848. The molecule has 0 atom stereocenters. The zero-order valence-electron chi connectivity index (χ0n) is 15.1. The van der Waals surface area contributed by atoms with Gasteiger partial charge in [-0.2, -0.15) is 0 Å². The Morgan fingerprint density at radius 1 is 1.12 bits per heavy atom. The minimum Gasteiger partial charge on any atom is -0.356 e. The smallest absolute Gasteiger partial charge is 0.240 e. The molecule has 1 rings (SSSR count). The minimum atomic E-state index is -3.87. The number of carbonyl (C=O) groups is 1. The third-order valence-corrected chi connectivity index (χ3v) is 6.43. The van der Waals surface area contributed by atoms with Gasteiger partial charge in [0.25, 0.3) is 0 Å². The number of nitrogens with one attached hydrogen (secondary N) is 2. The molecule has 0 unspecified atom stereocenters. The van der Waals surface area contributed by atoms with Crippen LogP contribution in [-0.2, 0) is 24.8 Å². The summed E-state index contributed by atoms with van der Waals surface area (Å²) in [5.74, 6) is -0.247. The van der Waals surface area contributed by atoms with Crippen LogP contribution >= 0.6 is 0 Å². The average Bonchev–Trinajstić information content (AvgIpc) is 2.45. The number of amides is 1. The minimum absolute atomic E-state index is 0.0144. The fourth-order valence-corrected chi connectivity index (χ4v) is 4.12. The van der Waals surface area contributed by atoms with E-state index >= 15 is 0 Å². The summed E-state index contributed by atoms with van der Waals surface area (Å²) in [5.41, 5.74) is 1.43. The molecule has 0 fully saturated rings. The molecule has 0 aliphatic carbocycles. The lowest BCUT2D eigenvalue weighted by molar-refractivity contribution is -0.120. The predicted octanol–water partition coefficient (Wildman–Crippen LogP) is 0.504. The quantitative estimate of drug-likeness (QED) is 0.670. The lowest BCUT2D eigenvalue weighted by Gasteiger charge is -2.21. The van der Waals surface area contributed by atoms with E-state index < -0.39 is 20.0 Å². The van der Waals surface area contributed by atoms with E-state index in [1.54, 1.807) is 26.8 Å². The molecule has 142 valence electrons. The lowest BCUT2D eigenvalue weighted by Crippen LogP contribution is -2.31. The van der Waals surface area contributed by atoms with Crippen molar-refractivity contribution in [2.24, 2.45) is 0 Å². The Hall–Kier alpha value is -1.65. The first kappa shape index (κ1) is 21.4. The number of rotatable bonds is 8. The molecule has 1 aromatic carbocycles. The van der Waals surface area contributed by atoms with E-state index in [9.17, 15) is 21.6 Å². The van der Waals surface area contributed by atoms with Crippen molar-refractivity contribution in [3.05, 3.63) is 23.3 Å². The van der Waals surface area contributed by atoms with Crippen LogP contribution in [0.2, 0.25) is 0 Å². The molecule has 1 aromatic rings. The monoisotopic (exact) mass is 391 g/mol. The Morgan fingerprint density at radius 2 is 1.72 bits per heavy atom. The summed E-state index contributed by atoms with van der Waals surface area (Å²) in [4.78, 5) is 11.4. The highest BCUT2D eigenvalue weighted by molar-refractivity contribution is 7.92. The van der Waals surface area contributed by atoms with Gasteiger partial charge in [0.15, 0.2) is 0 Å². The highest BCUT2D eigenvalue weighted by Gasteiger charge is 2.22. The molecule has 0 heterocycles. The van der Waals surface area contributed by atoms with E-state index in [-0.39, 0.29) is 29.5 Å². The number of sulfonamides is 2. The third-order valence-electron chi connectivity index (χ3n) is 3.64. The predicted molar refractivity (Wildman–Crippen MR) is 97.7 cm³/mol. The summed E-state index contributed by atoms with van der Waals surface area (Å²) in [6.07, 6.45) is 1.07. The van der Waals surface area contributed by atoms with Crippen molar-refractivity contribution in [2.45, 2.75) is 32.1 Å². The summed E-state index contributed by atoms with van der Waals surface area (Å²) >= 11 is 0. The Labute approximate surface area is 149 Å². The van der Waals surface area contributed by atoms with Crippen LogP contribution in [0.5, 0.6) is 0 Å². The number of carbonyl (C=O) groups excluding carboxylic acids is 1. The van der Waals surface area contributed by atoms with Crippen LogP contribution in [-0.4, -0.2) is 49.1 Å². The van der Waals surface area contributed by atoms with Gasteiger partial charge in [0.2, 0.25) is 26.0 Å². The maximum absolute atomic E-state index is 12.5. The fraction of sp³-hybridized carbons (Fsp3) is 0.533. The highest BCUT2D eigenvalue weighted by Crippen LogP contribution is 2.27. The fourth-order valence-electron chi connectivity index (χ4n) is 2.29. The molecule has 0 saturated carbocycles. The topological polar surface area (TPSA) is 113 Å². The molecule has 0 saturated heterocycles. The molecule has 0 aliphatic heterocycles. The first-order chi connectivity index (χ1) is 11.4. The number of hydrogen-bond acceptors (Lipinski definition) is 5. The van der Waals surface area contributed by atoms with Crippen LogP contribution in [0.15, 0.2) is 17.0 Å². The molecular weight excluding hydrogens is 366 g/mol. The molecule has 0 radical (unpaired) electrons. The Balaban J connectivity index is 3.13. The van der Waals surface area contributed by atoms with Crippen molar-refractivity contribution in [1.82, 2.24) is 10.0 Å². The highest BCUT2D eigenvalue weighted by atomic mass is 32.2. The van der Waals surface area contributed by atoms with Gasteiger partial charge in [-0.1, -0.05) is 6.07 Å². The largest absolute Gasteiger partial charge is 0.356 e. The second kappa shape index (κ2) is 8.15. The lowest BCUT2D eigenvalue weighted by atomic mass is 10.1. The van der Waals surface area contributed by atoms with Gasteiger partial charge in [-0.25, -0.2) is 21.6 Å². The van der Waals surface area contributed by atoms with Crippen LogP contribution < -0.4 is 14.3 Å². The molecule has 2 N–H and O–H groups in total. The van der Waals surface area contributed by atoms with Gasteiger partial charge >= 0.3 is 0 Å². The van der Waals surface area contributed by atoms with E-state index in [1.807, 2.05) is 0 Å². The molecule has 8 nitrogen and oxygen atoms in total. The van der Waals surface area contributed by atoms with Crippen molar-refractivity contribution in [1.29, 1.82) is 0 Å². The Kier molecular flexibility index (Phi) is 6.98. The zero-order valence-corrected chi connectivity index (χ0v) is 16.7. The van der Waals surface area contributed by atoms with E-state index in [0.717, 1.165) is 10.6 Å². The number of anilines is 1. The molecule has 0 bridgehead atoms. The first-order valence-electron chi connectivity index (χ1n) is 7.71. The number of benzene rings is 1. The van der Waals surface area contributed by atoms with Crippen molar-refractivity contribution in [3.8, 4) is 0 Å². The summed E-state index contributed by atoms with van der Waals surface area (Å²) in [6.45, 7) is 5.55. The van der Waals surface area contributed by atoms with Crippen molar-refractivity contribution < 1.29 is 21.6 Å². The van der Waals surface area contributed by atoms with Crippen LogP contribution in [0.25, 0.3) is 0 Å². The third kappa shape index (κ3) is 5.68. The number of aryl methyl sites for hydroxylation is 2. The molecule has 0 aromatic heterocycles. The number of nitrogens with zero attached hydrogens (tertiary/aromatic N) is 1. The number of hydrogen-bond donors (Lipinski definition) is 2. The second-order valence-electron chi connectivity index (χ2n) is 5.74. The molecule has 0 spiro atoms. The molecule has 1 amide bonds. The van der Waals surface area contributed by atoms with Crippen molar-refractivity contribution in [2.75, 3.05) is 30.7 Å². The zero-order chi connectivity index (χ0) is 19.4. The summed E-state index contributed by atoms with van der Waals surface area (Å²) < 4.78 is 52.0. The van der Waals surface area contributed by atoms with Gasteiger partial charge in [-0.15, -0.1) is 0 Å². The summed E-state index contributed by atoms with van der Waals surface area (Å²) in [6, 6.07) is 2.95. The summed E-state index contributed by atoms with van der Waals surface area (Å²) in [5, 5.41) is 2.58. The first-order valence-corrected chi connectivity index (χ1v) is 11.0. The maximum atomic E-state index is 12.5. The van der Waals surface area contributed by atoms with E-state index in [4.69, 9.17) is 0 Å². The summed E-state index contributed by atoms with van der Waals surface area (Å²) in [7, 11) is -6.03. The van der Waals surface area contributed by atoms with Gasteiger partial charge in [0.1, 0.15) is 0 Å². The Morgan fingerprint density at radius 3 is 2.24 bits per heavy atom.